The highest BCUT2D eigenvalue weighted by Crippen LogP contribution is 2.33. The van der Waals surface area contributed by atoms with Crippen LogP contribution < -0.4 is 0 Å². The predicted octanol–water partition coefficient (Wildman–Crippen LogP) is 2.26. The van der Waals surface area contributed by atoms with E-state index >= 15 is 0 Å². The minimum atomic E-state index is -4.40. The number of halogens is 3. The van der Waals surface area contributed by atoms with Crippen LogP contribution in [0.5, 0.6) is 0 Å². The lowest BCUT2D eigenvalue weighted by molar-refractivity contribution is -0.141. The van der Waals surface area contributed by atoms with E-state index in [0.717, 1.165) is 19.0 Å². The van der Waals surface area contributed by atoms with Gasteiger partial charge < -0.3 is 5.11 Å². The van der Waals surface area contributed by atoms with Crippen LogP contribution in [0.25, 0.3) is 0 Å². The Morgan fingerprint density at radius 2 is 2.15 bits per heavy atom. The molecule has 1 aromatic heterocycles. The Kier molecular flexibility index (Phi) is 4.39. The molecular formula is C13H20F3N3O. The summed E-state index contributed by atoms with van der Waals surface area (Å²) in [5, 5.41) is 12.7. The van der Waals surface area contributed by atoms with Crippen molar-refractivity contribution in [2.24, 2.45) is 0 Å². The minimum absolute atomic E-state index is 0.00880. The van der Waals surface area contributed by atoms with Crippen LogP contribution in [-0.2, 0) is 6.18 Å². The molecule has 1 N–H and O–H groups in total. The van der Waals surface area contributed by atoms with Crippen molar-refractivity contribution in [3.05, 3.63) is 17.5 Å². The second-order valence-corrected chi connectivity index (χ2v) is 5.52. The van der Waals surface area contributed by atoms with Gasteiger partial charge in [0.2, 0.25) is 0 Å². The van der Waals surface area contributed by atoms with Crippen LogP contribution in [0.15, 0.2) is 6.07 Å². The predicted molar refractivity (Wildman–Crippen MR) is 68.5 cm³/mol. The second-order valence-electron chi connectivity index (χ2n) is 5.52. The van der Waals surface area contributed by atoms with Crippen LogP contribution in [0.4, 0.5) is 13.2 Å². The molecule has 114 valence electrons. The van der Waals surface area contributed by atoms with Gasteiger partial charge in [-0.05, 0) is 18.4 Å². The Labute approximate surface area is 116 Å². The van der Waals surface area contributed by atoms with Crippen LogP contribution in [0.3, 0.4) is 0 Å². The lowest BCUT2D eigenvalue weighted by atomic mass is 10.1. The standard InChI is InChI=1S/C13H20F3N3O/c1-9(2)11-7-12(13(14,15)16)17-19(11)10-3-4-18(8-10)5-6-20/h7,9-10,20H,3-6,8H2,1-2H3. The zero-order valence-electron chi connectivity index (χ0n) is 11.7. The zero-order valence-corrected chi connectivity index (χ0v) is 11.7. The Hall–Kier alpha value is -1.08. The Bertz CT molecular complexity index is 456. The summed E-state index contributed by atoms with van der Waals surface area (Å²) in [5.41, 5.74) is -0.199. The number of likely N-dealkylation sites (tertiary alicyclic amines) is 1. The van der Waals surface area contributed by atoms with Gasteiger partial charge in [-0.25, -0.2) is 0 Å². The lowest BCUT2D eigenvalue weighted by Gasteiger charge is -2.18. The van der Waals surface area contributed by atoms with Gasteiger partial charge in [0.25, 0.3) is 0 Å². The summed E-state index contributed by atoms with van der Waals surface area (Å²) >= 11 is 0. The molecule has 7 heteroatoms. The molecule has 1 aliphatic heterocycles. The van der Waals surface area contributed by atoms with Crippen molar-refractivity contribution < 1.29 is 18.3 Å². The van der Waals surface area contributed by atoms with E-state index in [1.807, 2.05) is 18.7 Å². The minimum Gasteiger partial charge on any atom is -0.395 e. The van der Waals surface area contributed by atoms with E-state index in [4.69, 9.17) is 5.11 Å². The fraction of sp³-hybridized carbons (Fsp3) is 0.769. The van der Waals surface area contributed by atoms with Crippen molar-refractivity contribution >= 4 is 0 Å². The van der Waals surface area contributed by atoms with Gasteiger partial charge in [0.05, 0.1) is 12.6 Å². The maximum absolute atomic E-state index is 12.8. The summed E-state index contributed by atoms with van der Waals surface area (Å²) < 4.78 is 40.0. The summed E-state index contributed by atoms with van der Waals surface area (Å²) in [7, 11) is 0. The monoisotopic (exact) mass is 291 g/mol. The number of nitrogens with zero attached hydrogens (tertiary/aromatic N) is 3. The molecule has 1 aromatic rings. The molecule has 0 radical (unpaired) electrons. The van der Waals surface area contributed by atoms with Gasteiger partial charge in [-0.3, -0.25) is 9.58 Å². The third kappa shape index (κ3) is 3.15. The third-order valence-corrected chi connectivity index (χ3v) is 3.66. The number of hydrogen-bond donors (Lipinski definition) is 1. The summed E-state index contributed by atoms with van der Waals surface area (Å²) in [6.45, 7) is 5.78. The van der Waals surface area contributed by atoms with Crippen LogP contribution in [-0.4, -0.2) is 46.0 Å². The van der Waals surface area contributed by atoms with Gasteiger partial charge in [0.1, 0.15) is 0 Å². The van der Waals surface area contributed by atoms with Gasteiger partial charge >= 0.3 is 6.18 Å². The summed E-state index contributed by atoms with van der Waals surface area (Å²) in [4.78, 5) is 2.05. The molecule has 4 nitrogen and oxygen atoms in total. The molecule has 20 heavy (non-hydrogen) atoms. The molecule has 0 saturated carbocycles. The van der Waals surface area contributed by atoms with Crippen molar-refractivity contribution in [2.75, 3.05) is 26.2 Å². The fourth-order valence-corrected chi connectivity index (χ4v) is 2.63. The van der Waals surface area contributed by atoms with Gasteiger partial charge in [0.15, 0.2) is 5.69 Å². The molecule has 1 aliphatic rings. The van der Waals surface area contributed by atoms with Crippen molar-refractivity contribution in [2.45, 2.75) is 38.4 Å². The highest BCUT2D eigenvalue weighted by molar-refractivity contribution is 5.17. The third-order valence-electron chi connectivity index (χ3n) is 3.66. The lowest BCUT2D eigenvalue weighted by Crippen LogP contribution is -2.25. The maximum atomic E-state index is 12.8. The fourth-order valence-electron chi connectivity index (χ4n) is 2.63. The first kappa shape index (κ1) is 15.3. The molecule has 1 saturated heterocycles. The molecule has 0 spiro atoms. The van der Waals surface area contributed by atoms with Crippen molar-refractivity contribution in [3.8, 4) is 0 Å². The summed E-state index contributed by atoms with van der Waals surface area (Å²) in [6.07, 6.45) is -3.64. The highest BCUT2D eigenvalue weighted by atomic mass is 19.4. The van der Waals surface area contributed by atoms with E-state index in [0.29, 0.717) is 18.8 Å². The van der Waals surface area contributed by atoms with Crippen molar-refractivity contribution in [1.29, 1.82) is 0 Å². The Balaban J connectivity index is 2.25. The first-order valence-corrected chi connectivity index (χ1v) is 6.82. The van der Waals surface area contributed by atoms with E-state index in [1.165, 1.54) is 4.68 Å². The Morgan fingerprint density at radius 3 is 2.70 bits per heavy atom. The molecule has 2 rings (SSSR count). The first-order valence-electron chi connectivity index (χ1n) is 6.82. The van der Waals surface area contributed by atoms with E-state index in [9.17, 15) is 13.2 Å². The topological polar surface area (TPSA) is 41.3 Å². The number of aliphatic hydroxyl groups is 1. The average molecular weight is 291 g/mol. The molecule has 0 aromatic carbocycles. The number of hydrogen-bond acceptors (Lipinski definition) is 3. The Morgan fingerprint density at radius 1 is 1.45 bits per heavy atom. The van der Waals surface area contributed by atoms with E-state index in [1.54, 1.807) is 0 Å². The van der Waals surface area contributed by atoms with Crippen LogP contribution in [0.2, 0.25) is 0 Å². The average Bonchev–Trinajstić information content (AvgIpc) is 2.93. The van der Waals surface area contributed by atoms with Crippen molar-refractivity contribution in [3.63, 3.8) is 0 Å². The summed E-state index contributed by atoms with van der Waals surface area (Å²) in [6, 6.07) is 1.11. The number of alkyl halides is 3. The number of aliphatic hydroxyl groups excluding tert-OH is 1. The number of rotatable bonds is 4. The second kappa shape index (κ2) is 5.73. The number of aromatic nitrogens is 2. The van der Waals surface area contributed by atoms with Gasteiger partial charge in [0, 0.05) is 25.3 Å². The van der Waals surface area contributed by atoms with Crippen LogP contribution in [0, 0.1) is 0 Å². The molecule has 0 aliphatic carbocycles. The number of β-amino-alcohol motifs (C(OH)–C–C–N with tert-alkyl or cyclic N) is 1. The van der Waals surface area contributed by atoms with Gasteiger partial charge in [-0.2, -0.15) is 18.3 Å². The van der Waals surface area contributed by atoms with Gasteiger partial charge in [-0.15, -0.1) is 0 Å². The van der Waals surface area contributed by atoms with Crippen LogP contribution in [0.1, 0.15) is 43.6 Å². The zero-order chi connectivity index (χ0) is 14.9. The normalized spacial score (nSPS) is 21.1. The molecule has 2 heterocycles. The van der Waals surface area contributed by atoms with E-state index in [-0.39, 0.29) is 18.6 Å². The van der Waals surface area contributed by atoms with E-state index < -0.39 is 11.9 Å². The molecular weight excluding hydrogens is 271 g/mol. The van der Waals surface area contributed by atoms with Crippen LogP contribution >= 0.6 is 0 Å². The summed E-state index contributed by atoms with van der Waals surface area (Å²) in [5.74, 6) is -0.00880. The molecule has 0 bridgehead atoms. The largest absolute Gasteiger partial charge is 0.435 e. The van der Waals surface area contributed by atoms with Gasteiger partial charge in [-0.1, -0.05) is 13.8 Å². The molecule has 1 atom stereocenters. The molecule has 1 fully saturated rings. The molecule has 1 unspecified atom stereocenters. The van der Waals surface area contributed by atoms with Crippen molar-refractivity contribution in [1.82, 2.24) is 14.7 Å². The SMILES string of the molecule is CC(C)c1cc(C(F)(F)F)nn1C1CCN(CCO)C1. The maximum Gasteiger partial charge on any atom is 0.435 e. The van der Waals surface area contributed by atoms with E-state index in [2.05, 4.69) is 5.10 Å². The quantitative estimate of drug-likeness (QED) is 0.925. The highest BCUT2D eigenvalue weighted by Gasteiger charge is 2.37. The first-order chi connectivity index (χ1) is 9.32. The molecule has 0 amide bonds. The smallest absolute Gasteiger partial charge is 0.395 e.